The van der Waals surface area contributed by atoms with Gasteiger partial charge in [-0.2, -0.15) is 0 Å². The quantitative estimate of drug-likeness (QED) is 0.866. The third-order valence-electron chi connectivity index (χ3n) is 3.92. The van der Waals surface area contributed by atoms with Crippen molar-refractivity contribution in [3.63, 3.8) is 0 Å². The summed E-state index contributed by atoms with van der Waals surface area (Å²) in [6.45, 7) is 2.44. The molecule has 1 aromatic carbocycles. The second kappa shape index (κ2) is 5.15. The van der Waals surface area contributed by atoms with E-state index in [1.165, 1.54) is 0 Å². The Bertz CT molecular complexity index is 748. The Morgan fingerprint density at radius 3 is 2.76 bits per heavy atom. The number of aromatic nitrogens is 1. The standard InChI is InChI=1S/C16H14BrNO3/c1-9-7-13-12(16(20)21)5-6-18(13)14(9)15(19)10-3-2-4-11(17)8-10/h2-4,7-8,12H,5-6H2,1H3,(H,20,21). The summed E-state index contributed by atoms with van der Waals surface area (Å²) < 4.78 is 2.71. The van der Waals surface area contributed by atoms with E-state index in [9.17, 15) is 14.7 Å². The summed E-state index contributed by atoms with van der Waals surface area (Å²) >= 11 is 3.37. The maximum Gasteiger partial charge on any atom is 0.312 e. The highest BCUT2D eigenvalue weighted by Gasteiger charge is 2.33. The molecule has 0 amide bonds. The summed E-state index contributed by atoms with van der Waals surface area (Å²) in [5.74, 6) is -1.40. The topological polar surface area (TPSA) is 59.3 Å². The largest absolute Gasteiger partial charge is 0.481 e. The van der Waals surface area contributed by atoms with Crippen molar-refractivity contribution in [1.82, 2.24) is 4.57 Å². The van der Waals surface area contributed by atoms with Gasteiger partial charge < -0.3 is 9.67 Å². The Kier molecular flexibility index (Phi) is 3.45. The van der Waals surface area contributed by atoms with Crippen LogP contribution in [0, 0.1) is 6.92 Å². The van der Waals surface area contributed by atoms with Gasteiger partial charge in [-0.25, -0.2) is 0 Å². The normalized spacial score (nSPS) is 16.8. The van der Waals surface area contributed by atoms with E-state index in [1.54, 1.807) is 12.1 Å². The van der Waals surface area contributed by atoms with Crippen molar-refractivity contribution in [3.8, 4) is 0 Å². The molecule has 1 unspecified atom stereocenters. The second-order valence-corrected chi connectivity index (χ2v) is 6.19. The smallest absolute Gasteiger partial charge is 0.312 e. The predicted octanol–water partition coefficient (Wildman–Crippen LogP) is 3.36. The summed E-state index contributed by atoms with van der Waals surface area (Å²) in [4.78, 5) is 24.0. The SMILES string of the molecule is Cc1cc2n(c1C(=O)c1cccc(Br)c1)CCC2C(=O)O. The third-order valence-corrected chi connectivity index (χ3v) is 4.41. The third kappa shape index (κ3) is 2.31. The summed E-state index contributed by atoms with van der Waals surface area (Å²) in [6.07, 6.45) is 0.545. The van der Waals surface area contributed by atoms with E-state index in [1.807, 2.05) is 29.7 Å². The fraction of sp³-hybridized carbons (Fsp3) is 0.250. The van der Waals surface area contributed by atoms with Crippen molar-refractivity contribution < 1.29 is 14.7 Å². The lowest BCUT2D eigenvalue weighted by molar-refractivity contribution is -0.138. The lowest BCUT2D eigenvalue weighted by Crippen LogP contribution is -2.10. The number of benzene rings is 1. The molecule has 1 atom stereocenters. The molecule has 0 spiro atoms. The van der Waals surface area contributed by atoms with Gasteiger partial charge in [-0.3, -0.25) is 9.59 Å². The summed E-state index contributed by atoms with van der Waals surface area (Å²) in [7, 11) is 0. The Labute approximate surface area is 130 Å². The predicted molar refractivity (Wildman–Crippen MR) is 81.7 cm³/mol. The van der Waals surface area contributed by atoms with Crippen LogP contribution in [-0.2, 0) is 11.3 Å². The van der Waals surface area contributed by atoms with Crippen molar-refractivity contribution in [1.29, 1.82) is 0 Å². The molecule has 0 radical (unpaired) electrons. The first kappa shape index (κ1) is 14.1. The Morgan fingerprint density at radius 2 is 2.10 bits per heavy atom. The maximum atomic E-state index is 12.7. The Balaban J connectivity index is 2.07. The Morgan fingerprint density at radius 1 is 1.33 bits per heavy atom. The number of aliphatic carboxylic acids is 1. The highest BCUT2D eigenvalue weighted by molar-refractivity contribution is 9.10. The summed E-state index contributed by atoms with van der Waals surface area (Å²) in [5, 5.41) is 9.25. The maximum absolute atomic E-state index is 12.7. The first-order valence-corrected chi connectivity index (χ1v) is 7.51. The molecule has 1 N–H and O–H groups in total. The molecule has 2 aromatic rings. The van der Waals surface area contributed by atoms with E-state index in [0.717, 1.165) is 15.7 Å². The number of nitrogens with zero attached hydrogens (tertiary/aromatic N) is 1. The number of carbonyl (C=O) groups is 2. The van der Waals surface area contributed by atoms with Gasteiger partial charge in [-0.05, 0) is 37.1 Å². The molecule has 1 aromatic heterocycles. The van der Waals surface area contributed by atoms with E-state index in [0.29, 0.717) is 24.2 Å². The van der Waals surface area contributed by atoms with Crippen molar-refractivity contribution in [3.05, 3.63) is 57.3 Å². The number of carbonyl (C=O) groups excluding carboxylic acids is 1. The zero-order chi connectivity index (χ0) is 15.1. The average Bonchev–Trinajstić information content (AvgIpc) is 2.95. The van der Waals surface area contributed by atoms with Crippen LogP contribution in [0.5, 0.6) is 0 Å². The molecule has 21 heavy (non-hydrogen) atoms. The van der Waals surface area contributed by atoms with Crippen LogP contribution in [0.25, 0.3) is 0 Å². The van der Waals surface area contributed by atoms with Crippen LogP contribution in [0.1, 0.15) is 39.6 Å². The van der Waals surface area contributed by atoms with Crippen LogP contribution >= 0.6 is 15.9 Å². The number of hydrogen-bond donors (Lipinski definition) is 1. The number of ketones is 1. The molecule has 0 fully saturated rings. The molecule has 0 saturated carbocycles. The fourth-order valence-corrected chi connectivity index (χ4v) is 3.36. The van der Waals surface area contributed by atoms with Gasteiger partial charge >= 0.3 is 5.97 Å². The minimum absolute atomic E-state index is 0.0638. The van der Waals surface area contributed by atoms with E-state index in [-0.39, 0.29) is 5.78 Å². The number of carboxylic acid groups (broad SMARTS) is 1. The van der Waals surface area contributed by atoms with Crippen LogP contribution in [0.15, 0.2) is 34.8 Å². The van der Waals surface area contributed by atoms with E-state index < -0.39 is 11.9 Å². The summed E-state index contributed by atoms with van der Waals surface area (Å²) in [6, 6.07) is 9.08. The van der Waals surface area contributed by atoms with Crippen LogP contribution in [-0.4, -0.2) is 21.4 Å². The monoisotopic (exact) mass is 347 g/mol. The molecule has 1 aliphatic rings. The molecule has 0 bridgehead atoms. The lowest BCUT2D eigenvalue weighted by Gasteiger charge is -2.07. The van der Waals surface area contributed by atoms with Gasteiger partial charge in [-0.1, -0.05) is 28.1 Å². The highest BCUT2D eigenvalue weighted by atomic mass is 79.9. The van der Waals surface area contributed by atoms with Crippen molar-refractivity contribution in [2.24, 2.45) is 0 Å². The number of hydrogen-bond acceptors (Lipinski definition) is 2. The number of rotatable bonds is 3. The van der Waals surface area contributed by atoms with E-state index in [4.69, 9.17) is 0 Å². The number of aryl methyl sites for hydroxylation is 1. The van der Waals surface area contributed by atoms with Crippen LogP contribution in [0.3, 0.4) is 0 Å². The molecular formula is C16H14BrNO3. The molecule has 5 heteroatoms. The highest BCUT2D eigenvalue weighted by Crippen LogP contribution is 2.33. The fourth-order valence-electron chi connectivity index (χ4n) is 2.96. The minimum Gasteiger partial charge on any atom is -0.481 e. The molecule has 108 valence electrons. The van der Waals surface area contributed by atoms with Crippen LogP contribution < -0.4 is 0 Å². The molecule has 4 nitrogen and oxygen atoms in total. The molecule has 0 saturated heterocycles. The zero-order valence-electron chi connectivity index (χ0n) is 11.5. The first-order valence-electron chi connectivity index (χ1n) is 6.72. The van der Waals surface area contributed by atoms with E-state index >= 15 is 0 Å². The van der Waals surface area contributed by atoms with Gasteiger partial charge in [0.1, 0.15) is 0 Å². The molecule has 0 aliphatic carbocycles. The minimum atomic E-state index is -0.826. The zero-order valence-corrected chi connectivity index (χ0v) is 13.1. The molecule has 3 rings (SSSR count). The molecular weight excluding hydrogens is 334 g/mol. The van der Waals surface area contributed by atoms with Gasteiger partial charge in [0, 0.05) is 22.3 Å². The molecule has 1 aliphatic heterocycles. The number of carboxylic acids is 1. The van der Waals surface area contributed by atoms with Crippen LogP contribution in [0.4, 0.5) is 0 Å². The summed E-state index contributed by atoms with van der Waals surface area (Å²) in [5.41, 5.74) is 2.78. The van der Waals surface area contributed by atoms with Gasteiger partial charge in [0.2, 0.25) is 5.78 Å². The van der Waals surface area contributed by atoms with Crippen molar-refractivity contribution in [2.75, 3.05) is 0 Å². The van der Waals surface area contributed by atoms with E-state index in [2.05, 4.69) is 15.9 Å². The second-order valence-electron chi connectivity index (χ2n) is 5.27. The van der Waals surface area contributed by atoms with Gasteiger partial charge in [0.15, 0.2) is 0 Å². The van der Waals surface area contributed by atoms with Gasteiger partial charge in [-0.15, -0.1) is 0 Å². The number of halogens is 1. The van der Waals surface area contributed by atoms with Gasteiger partial charge in [0.25, 0.3) is 0 Å². The number of fused-ring (bicyclic) bond motifs is 1. The van der Waals surface area contributed by atoms with Crippen molar-refractivity contribution >= 4 is 27.7 Å². The first-order chi connectivity index (χ1) is 9.99. The van der Waals surface area contributed by atoms with Crippen LogP contribution in [0.2, 0.25) is 0 Å². The van der Waals surface area contributed by atoms with Crippen molar-refractivity contribution in [2.45, 2.75) is 25.8 Å². The Hall–Kier alpha value is -1.88. The average molecular weight is 348 g/mol. The van der Waals surface area contributed by atoms with Gasteiger partial charge in [0.05, 0.1) is 11.6 Å². The lowest BCUT2D eigenvalue weighted by atomic mass is 10.0. The molecule has 2 heterocycles.